The fraction of sp³-hybridized carbons (Fsp3) is 0. The van der Waals surface area contributed by atoms with Crippen LogP contribution in [0.4, 0.5) is 5.69 Å². The molecule has 0 radical (unpaired) electrons. The number of hydrogen-bond donors (Lipinski definition) is 0. The molecule has 0 saturated carbocycles. The molecule has 2 rings (SSSR count). The van der Waals surface area contributed by atoms with Crippen molar-refractivity contribution in [2.75, 3.05) is 0 Å². The van der Waals surface area contributed by atoms with E-state index in [2.05, 4.69) is 0 Å². The van der Waals surface area contributed by atoms with E-state index >= 15 is 0 Å². The molecule has 0 aromatic heterocycles. The number of hydrogen-bond acceptors (Lipinski definition) is 5. The van der Waals surface area contributed by atoms with Crippen molar-refractivity contribution in [3.63, 3.8) is 0 Å². The van der Waals surface area contributed by atoms with Crippen LogP contribution in [0, 0.1) is 32.8 Å². The Bertz CT molecular complexity index is 781. The molecule has 0 amide bonds. The monoisotopic (exact) mass is 291 g/mol. The van der Waals surface area contributed by atoms with Gasteiger partial charge >= 0.3 is 0 Å². The van der Waals surface area contributed by atoms with Crippen LogP contribution in [0.1, 0.15) is 5.56 Å². The summed E-state index contributed by atoms with van der Waals surface area (Å²) in [7, 11) is 0. The Balaban J connectivity index is 2.41. The fourth-order valence-corrected chi connectivity index (χ4v) is 1.72. The van der Waals surface area contributed by atoms with Gasteiger partial charge in [0, 0.05) is 17.7 Å². The third-order valence-electron chi connectivity index (χ3n) is 2.75. The first-order valence-corrected chi connectivity index (χ1v) is 6.18. The summed E-state index contributed by atoms with van der Waals surface area (Å²) in [5.41, 5.74) is 0.321. The van der Waals surface area contributed by atoms with Crippen LogP contribution < -0.4 is 4.74 Å². The summed E-state index contributed by atoms with van der Waals surface area (Å²) in [6, 6.07) is 17.7. The molecule has 6 heteroatoms. The molecule has 0 saturated heterocycles. The summed E-state index contributed by atoms with van der Waals surface area (Å²) in [5, 5.41) is 28.7. The van der Waals surface area contributed by atoms with Crippen LogP contribution in [-0.2, 0) is 0 Å². The normalized spacial score (nSPS) is 9.18. The molecule has 2 aromatic carbocycles. The molecule has 0 atom stereocenters. The van der Waals surface area contributed by atoms with Gasteiger partial charge in [0.05, 0.1) is 4.92 Å². The van der Waals surface area contributed by atoms with Crippen LogP contribution in [0.3, 0.4) is 0 Å². The maximum atomic E-state index is 10.6. The Labute approximate surface area is 126 Å². The summed E-state index contributed by atoms with van der Waals surface area (Å²) < 4.78 is 5.59. The second-order valence-corrected chi connectivity index (χ2v) is 4.15. The van der Waals surface area contributed by atoms with Crippen molar-refractivity contribution >= 4 is 11.4 Å². The molecule has 0 bridgehead atoms. The first-order valence-electron chi connectivity index (χ1n) is 6.18. The number of rotatable bonds is 4. The quantitative estimate of drug-likeness (QED) is 0.372. The molecular weight excluding hydrogens is 282 g/mol. The largest absolute Gasteiger partial charge is 0.455 e. The second-order valence-electron chi connectivity index (χ2n) is 4.15. The SMILES string of the molecule is N#CC(C#N)=C(Oc1ccc([N+](=O)[O-])cc1)c1ccccc1. The average Bonchev–Trinajstić information content (AvgIpc) is 2.56. The predicted molar refractivity (Wildman–Crippen MR) is 78.3 cm³/mol. The first-order chi connectivity index (χ1) is 10.7. The fourth-order valence-electron chi connectivity index (χ4n) is 1.72. The zero-order chi connectivity index (χ0) is 15.9. The molecule has 0 fully saturated rings. The van der Waals surface area contributed by atoms with E-state index in [4.69, 9.17) is 15.3 Å². The minimum Gasteiger partial charge on any atom is -0.455 e. The van der Waals surface area contributed by atoms with Gasteiger partial charge < -0.3 is 4.74 Å². The van der Waals surface area contributed by atoms with Gasteiger partial charge in [-0.05, 0) is 12.1 Å². The molecular formula is C16H9N3O3. The van der Waals surface area contributed by atoms with Gasteiger partial charge in [0.25, 0.3) is 5.69 Å². The Morgan fingerprint density at radius 3 is 2.09 bits per heavy atom. The maximum Gasteiger partial charge on any atom is 0.269 e. The van der Waals surface area contributed by atoms with Crippen molar-refractivity contribution in [3.8, 4) is 17.9 Å². The van der Waals surface area contributed by atoms with E-state index in [0.29, 0.717) is 11.3 Å². The zero-order valence-electron chi connectivity index (χ0n) is 11.3. The molecule has 0 aliphatic rings. The van der Waals surface area contributed by atoms with Crippen molar-refractivity contribution < 1.29 is 9.66 Å². The van der Waals surface area contributed by atoms with E-state index in [0.717, 1.165) is 0 Å². The summed E-state index contributed by atoms with van der Waals surface area (Å²) in [4.78, 5) is 10.1. The van der Waals surface area contributed by atoms with Crippen molar-refractivity contribution in [2.24, 2.45) is 0 Å². The molecule has 0 heterocycles. The molecule has 0 N–H and O–H groups in total. The van der Waals surface area contributed by atoms with Gasteiger partial charge in [-0.2, -0.15) is 10.5 Å². The van der Waals surface area contributed by atoms with Crippen LogP contribution >= 0.6 is 0 Å². The van der Waals surface area contributed by atoms with Crippen molar-refractivity contribution in [3.05, 3.63) is 75.8 Å². The van der Waals surface area contributed by atoms with Crippen molar-refractivity contribution in [1.29, 1.82) is 10.5 Å². The van der Waals surface area contributed by atoms with Gasteiger partial charge in [-0.1, -0.05) is 30.3 Å². The lowest BCUT2D eigenvalue weighted by Gasteiger charge is -2.10. The highest BCUT2D eigenvalue weighted by atomic mass is 16.6. The Morgan fingerprint density at radius 1 is 1.00 bits per heavy atom. The smallest absolute Gasteiger partial charge is 0.269 e. The van der Waals surface area contributed by atoms with E-state index in [1.54, 1.807) is 42.5 Å². The molecule has 2 aromatic rings. The highest BCUT2D eigenvalue weighted by Crippen LogP contribution is 2.25. The van der Waals surface area contributed by atoms with Crippen molar-refractivity contribution in [1.82, 2.24) is 0 Å². The van der Waals surface area contributed by atoms with Crippen LogP contribution in [0.25, 0.3) is 5.76 Å². The molecule has 0 aliphatic heterocycles. The number of nitrogens with zero attached hydrogens (tertiary/aromatic N) is 3. The van der Waals surface area contributed by atoms with Gasteiger partial charge in [0.1, 0.15) is 17.9 Å². The van der Waals surface area contributed by atoms with E-state index < -0.39 is 4.92 Å². The van der Waals surface area contributed by atoms with Gasteiger partial charge in [-0.25, -0.2) is 0 Å². The Morgan fingerprint density at radius 2 is 1.59 bits per heavy atom. The summed E-state index contributed by atoms with van der Waals surface area (Å²) in [6.45, 7) is 0. The van der Waals surface area contributed by atoms with Crippen LogP contribution in [0.15, 0.2) is 60.2 Å². The number of non-ortho nitro benzene ring substituents is 1. The lowest BCUT2D eigenvalue weighted by molar-refractivity contribution is -0.384. The van der Waals surface area contributed by atoms with E-state index in [-0.39, 0.29) is 17.0 Å². The highest BCUT2D eigenvalue weighted by Gasteiger charge is 2.13. The third kappa shape index (κ3) is 3.27. The number of nitriles is 2. The second kappa shape index (κ2) is 6.69. The first kappa shape index (κ1) is 14.8. The summed E-state index contributed by atoms with van der Waals surface area (Å²) in [5.74, 6) is 0.409. The minimum absolute atomic E-state index is 0.0709. The standard InChI is InChI=1S/C16H9N3O3/c17-10-13(11-18)16(12-4-2-1-3-5-12)22-15-8-6-14(7-9-15)19(20)21/h1-9H. The molecule has 0 spiro atoms. The summed E-state index contributed by atoms with van der Waals surface area (Å²) >= 11 is 0. The Kier molecular flexibility index (Phi) is 4.49. The molecule has 0 unspecified atom stereocenters. The molecule has 0 aliphatic carbocycles. The molecule has 22 heavy (non-hydrogen) atoms. The number of nitro benzene ring substituents is 1. The topological polar surface area (TPSA) is 100.0 Å². The third-order valence-corrected chi connectivity index (χ3v) is 2.75. The lowest BCUT2D eigenvalue weighted by atomic mass is 10.1. The van der Waals surface area contributed by atoms with Gasteiger partial charge in [-0.3, -0.25) is 10.1 Å². The minimum atomic E-state index is -0.520. The molecule has 6 nitrogen and oxygen atoms in total. The lowest BCUT2D eigenvalue weighted by Crippen LogP contribution is -1.99. The van der Waals surface area contributed by atoms with Crippen molar-refractivity contribution in [2.45, 2.75) is 0 Å². The van der Waals surface area contributed by atoms with E-state index in [1.165, 1.54) is 24.3 Å². The average molecular weight is 291 g/mol. The Hall–Kier alpha value is -3.64. The number of nitro groups is 1. The summed E-state index contributed by atoms with van der Waals surface area (Å²) in [6.07, 6.45) is 0. The van der Waals surface area contributed by atoms with Crippen LogP contribution in [0.2, 0.25) is 0 Å². The van der Waals surface area contributed by atoms with Gasteiger partial charge in [-0.15, -0.1) is 0 Å². The number of benzene rings is 2. The highest BCUT2D eigenvalue weighted by molar-refractivity contribution is 5.72. The predicted octanol–water partition coefficient (Wildman–Crippen LogP) is 3.43. The number of allylic oxidation sites excluding steroid dienone is 1. The van der Waals surface area contributed by atoms with E-state index in [1.807, 2.05) is 0 Å². The molecule has 106 valence electrons. The van der Waals surface area contributed by atoms with Gasteiger partial charge in [0.2, 0.25) is 0 Å². The van der Waals surface area contributed by atoms with Crippen LogP contribution in [-0.4, -0.2) is 4.92 Å². The van der Waals surface area contributed by atoms with Gasteiger partial charge in [0.15, 0.2) is 11.3 Å². The van der Waals surface area contributed by atoms with Crippen LogP contribution in [0.5, 0.6) is 5.75 Å². The maximum absolute atomic E-state index is 10.6. The zero-order valence-corrected chi connectivity index (χ0v) is 11.3. The number of ether oxygens (including phenoxy) is 1. The van der Waals surface area contributed by atoms with E-state index in [9.17, 15) is 10.1 Å².